The van der Waals surface area contributed by atoms with Gasteiger partial charge >= 0.3 is 7.12 Å². The van der Waals surface area contributed by atoms with Gasteiger partial charge in [0.05, 0.1) is 5.60 Å². The first-order valence-corrected chi connectivity index (χ1v) is 5.74. The molecule has 2 nitrogen and oxygen atoms in total. The molecule has 0 spiro atoms. The Bertz CT molecular complexity index is 220. The first-order chi connectivity index (χ1) is 6.72. The maximum absolute atomic E-state index is 9.97. The fraction of sp³-hybridized carbons (Fsp3) is 0.833. The second kappa shape index (κ2) is 5.71. The van der Waals surface area contributed by atoms with Crippen molar-refractivity contribution < 1.29 is 9.68 Å². The molecule has 3 heteroatoms. The Morgan fingerprint density at radius 1 is 1.27 bits per heavy atom. The van der Waals surface area contributed by atoms with Gasteiger partial charge in [-0.25, -0.2) is 0 Å². The summed E-state index contributed by atoms with van der Waals surface area (Å²) in [7, 11) is -0.785. The maximum Gasteiger partial charge on any atom is 0.487 e. The molecule has 0 radical (unpaired) electrons. The van der Waals surface area contributed by atoms with Crippen LogP contribution in [0.1, 0.15) is 48.5 Å². The van der Waals surface area contributed by atoms with Gasteiger partial charge in [-0.15, -0.1) is 0 Å². The molecule has 0 aliphatic rings. The Kier molecular flexibility index (Phi) is 5.61. The molecular weight excluding hydrogens is 187 g/mol. The molecule has 88 valence electrons. The summed E-state index contributed by atoms with van der Waals surface area (Å²) in [6.45, 7) is 14.3. The first kappa shape index (κ1) is 14.7. The molecule has 0 rings (SSSR count). The van der Waals surface area contributed by atoms with Crippen LogP contribution in [0.3, 0.4) is 0 Å². The van der Waals surface area contributed by atoms with Crippen LogP contribution >= 0.6 is 0 Å². The van der Waals surface area contributed by atoms with Crippen LogP contribution in [0.5, 0.6) is 0 Å². The van der Waals surface area contributed by atoms with E-state index in [2.05, 4.69) is 27.7 Å². The third kappa shape index (κ3) is 4.39. The molecule has 0 heterocycles. The lowest BCUT2D eigenvalue weighted by molar-refractivity contribution is 0.0400. The molecule has 0 aromatic heterocycles. The van der Waals surface area contributed by atoms with Crippen molar-refractivity contribution in [3.8, 4) is 0 Å². The van der Waals surface area contributed by atoms with Crippen molar-refractivity contribution in [2.75, 3.05) is 0 Å². The SMILES string of the molecule is CC=C(B(O)OC(C)(C)C(C)C)C(C)C. The Labute approximate surface area is 94.9 Å². The molecule has 0 bridgehead atoms. The number of allylic oxidation sites excluding steroid dienone is 2. The summed E-state index contributed by atoms with van der Waals surface area (Å²) in [6, 6.07) is 0. The third-order valence-electron chi connectivity index (χ3n) is 3.09. The van der Waals surface area contributed by atoms with Crippen molar-refractivity contribution in [3.05, 3.63) is 11.5 Å². The summed E-state index contributed by atoms with van der Waals surface area (Å²) >= 11 is 0. The first-order valence-electron chi connectivity index (χ1n) is 5.74. The predicted octanol–water partition coefficient (Wildman–Crippen LogP) is 3.06. The number of hydrogen-bond donors (Lipinski definition) is 1. The van der Waals surface area contributed by atoms with Gasteiger partial charge in [0.2, 0.25) is 0 Å². The summed E-state index contributed by atoms with van der Waals surface area (Å²) in [5.41, 5.74) is 0.645. The second-order valence-electron chi connectivity index (χ2n) is 5.17. The van der Waals surface area contributed by atoms with Crippen molar-refractivity contribution in [1.29, 1.82) is 0 Å². The molecule has 0 aliphatic heterocycles. The lowest BCUT2D eigenvalue weighted by atomic mass is 9.71. The van der Waals surface area contributed by atoms with Crippen LogP contribution in [0.2, 0.25) is 0 Å². The Morgan fingerprint density at radius 3 is 2.00 bits per heavy atom. The van der Waals surface area contributed by atoms with Gasteiger partial charge in [0.15, 0.2) is 0 Å². The molecule has 0 saturated carbocycles. The van der Waals surface area contributed by atoms with Crippen LogP contribution in [-0.4, -0.2) is 17.7 Å². The van der Waals surface area contributed by atoms with Crippen LogP contribution in [0.4, 0.5) is 0 Å². The van der Waals surface area contributed by atoms with Crippen molar-refractivity contribution in [2.45, 2.75) is 54.1 Å². The van der Waals surface area contributed by atoms with E-state index in [0.29, 0.717) is 11.8 Å². The number of hydrogen-bond acceptors (Lipinski definition) is 2. The van der Waals surface area contributed by atoms with Gasteiger partial charge in [-0.2, -0.15) is 0 Å². The van der Waals surface area contributed by atoms with Gasteiger partial charge in [0, 0.05) is 0 Å². The monoisotopic (exact) mass is 212 g/mol. The smallest absolute Gasteiger partial charge is 0.423 e. The molecule has 0 aliphatic carbocycles. The van der Waals surface area contributed by atoms with E-state index in [0.717, 1.165) is 5.47 Å². The van der Waals surface area contributed by atoms with E-state index in [9.17, 15) is 5.02 Å². The fourth-order valence-corrected chi connectivity index (χ4v) is 1.25. The van der Waals surface area contributed by atoms with E-state index >= 15 is 0 Å². The van der Waals surface area contributed by atoms with Crippen LogP contribution in [0.15, 0.2) is 11.5 Å². The van der Waals surface area contributed by atoms with E-state index in [4.69, 9.17) is 4.65 Å². The highest BCUT2D eigenvalue weighted by Crippen LogP contribution is 2.24. The summed E-state index contributed by atoms with van der Waals surface area (Å²) in [4.78, 5) is 0. The second-order valence-corrected chi connectivity index (χ2v) is 5.17. The summed E-state index contributed by atoms with van der Waals surface area (Å²) in [5, 5.41) is 9.97. The molecule has 0 aromatic rings. The summed E-state index contributed by atoms with van der Waals surface area (Å²) in [5.74, 6) is 0.686. The minimum Gasteiger partial charge on any atom is -0.423 e. The van der Waals surface area contributed by atoms with E-state index in [1.54, 1.807) is 0 Å². The quantitative estimate of drug-likeness (QED) is 0.709. The molecule has 0 saturated heterocycles. The highest BCUT2D eigenvalue weighted by atomic mass is 16.5. The van der Waals surface area contributed by atoms with Gasteiger partial charge in [-0.1, -0.05) is 33.8 Å². The Hall–Kier alpha value is -0.275. The summed E-state index contributed by atoms with van der Waals surface area (Å²) in [6.07, 6.45) is 1.94. The molecule has 0 atom stereocenters. The Balaban J connectivity index is 4.55. The zero-order chi connectivity index (χ0) is 12.2. The highest BCUT2D eigenvalue weighted by molar-refractivity contribution is 6.52. The Morgan fingerprint density at radius 2 is 1.73 bits per heavy atom. The largest absolute Gasteiger partial charge is 0.487 e. The lowest BCUT2D eigenvalue weighted by Crippen LogP contribution is -2.40. The van der Waals surface area contributed by atoms with Crippen LogP contribution in [0, 0.1) is 11.8 Å². The van der Waals surface area contributed by atoms with E-state index in [1.807, 2.05) is 26.8 Å². The van der Waals surface area contributed by atoms with Gasteiger partial charge < -0.3 is 9.68 Å². The number of rotatable bonds is 5. The predicted molar refractivity (Wildman–Crippen MR) is 66.6 cm³/mol. The van der Waals surface area contributed by atoms with Gasteiger partial charge in [0.25, 0.3) is 0 Å². The zero-order valence-corrected chi connectivity index (χ0v) is 11.2. The molecule has 0 unspecified atom stereocenters. The van der Waals surface area contributed by atoms with Crippen LogP contribution in [0.25, 0.3) is 0 Å². The average molecular weight is 212 g/mol. The molecule has 0 amide bonds. The maximum atomic E-state index is 9.97. The molecule has 0 fully saturated rings. The standard InChI is InChI=1S/C12H25BO2/c1-8-11(9(2)3)13(14)15-12(6,7)10(4)5/h8-10,14H,1-7H3. The zero-order valence-electron chi connectivity index (χ0n) is 11.2. The lowest BCUT2D eigenvalue weighted by Gasteiger charge is -2.32. The van der Waals surface area contributed by atoms with Crippen LogP contribution < -0.4 is 0 Å². The topological polar surface area (TPSA) is 29.5 Å². The molecule has 0 aromatic carbocycles. The minimum absolute atomic E-state index is 0.303. The van der Waals surface area contributed by atoms with Crippen molar-refractivity contribution in [3.63, 3.8) is 0 Å². The van der Waals surface area contributed by atoms with E-state index < -0.39 is 7.12 Å². The fourth-order valence-electron chi connectivity index (χ4n) is 1.25. The molecule has 1 N–H and O–H groups in total. The average Bonchev–Trinajstić information content (AvgIpc) is 2.02. The highest BCUT2D eigenvalue weighted by Gasteiger charge is 2.31. The van der Waals surface area contributed by atoms with Crippen molar-refractivity contribution >= 4 is 7.12 Å². The third-order valence-corrected chi connectivity index (χ3v) is 3.09. The molecular formula is C12H25BO2. The van der Waals surface area contributed by atoms with Gasteiger partial charge in [0.1, 0.15) is 0 Å². The van der Waals surface area contributed by atoms with E-state index in [-0.39, 0.29) is 5.60 Å². The van der Waals surface area contributed by atoms with Crippen molar-refractivity contribution in [1.82, 2.24) is 0 Å². The van der Waals surface area contributed by atoms with Gasteiger partial charge in [-0.05, 0) is 38.1 Å². The minimum atomic E-state index is -0.785. The van der Waals surface area contributed by atoms with Crippen LogP contribution in [-0.2, 0) is 4.65 Å². The summed E-state index contributed by atoms with van der Waals surface area (Å²) < 4.78 is 5.70. The molecule has 15 heavy (non-hydrogen) atoms. The van der Waals surface area contributed by atoms with Gasteiger partial charge in [-0.3, -0.25) is 0 Å². The van der Waals surface area contributed by atoms with Crippen molar-refractivity contribution in [2.24, 2.45) is 11.8 Å². The normalized spacial score (nSPS) is 13.9. The van der Waals surface area contributed by atoms with E-state index in [1.165, 1.54) is 0 Å².